The summed E-state index contributed by atoms with van der Waals surface area (Å²) in [6, 6.07) is 20.8. The Kier molecular flexibility index (Phi) is 5.18. The summed E-state index contributed by atoms with van der Waals surface area (Å²) in [5.41, 5.74) is 3.78. The number of amides is 1. The number of Topliss-reactive ketones (excluding diaryl/α,β-unsaturated/α-hetero) is 1. The Labute approximate surface area is 180 Å². The van der Waals surface area contributed by atoms with Crippen molar-refractivity contribution < 1.29 is 14.7 Å². The SMILES string of the molecule is Cc1cccc(N2C(=O)C(=O)/C(=C(/O)c3ccc(Cl)cc3)C2c2ccccc2C)c1. The van der Waals surface area contributed by atoms with Crippen LogP contribution >= 0.6 is 11.6 Å². The average molecular weight is 418 g/mol. The molecule has 0 bridgehead atoms. The topological polar surface area (TPSA) is 57.6 Å². The quantitative estimate of drug-likeness (QED) is 0.343. The maximum Gasteiger partial charge on any atom is 0.300 e. The minimum atomic E-state index is -0.733. The van der Waals surface area contributed by atoms with E-state index >= 15 is 0 Å². The van der Waals surface area contributed by atoms with Crippen molar-refractivity contribution >= 4 is 34.7 Å². The number of ketones is 1. The van der Waals surface area contributed by atoms with Crippen LogP contribution in [0.4, 0.5) is 5.69 Å². The van der Waals surface area contributed by atoms with Gasteiger partial charge < -0.3 is 5.11 Å². The summed E-state index contributed by atoms with van der Waals surface area (Å²) >= 11 is 5.96. The number of anilines is 1. The van der Waals surface area contributed by atoms with E-state index in [0.717, 1.165) is 16.7 Å². The third-order valence-corrected chi connectivity index (χ3v) is 5.58. The van der Waals surface area contributed by atoms with Gasteiger partial charge in [-0.2, -0.15) is 0 Å². The third kappa shape index (κ3) is 3.40. The first-order valence-corrected chi connectivity index (χ1v) is 9.95. The molecule has 4 nitrogen and oxygen atoms in total. The molecule has 0 aliphatic carbocycles. The number of aliphatic hydroxyl groups excluding tert-OH is 1. The van der Waals surface area contributed by atoms with Gasteiger partial charge in [-0.3, -0.25) is 14.5 Å². The summed E-state index contributed by atoms with van der Waals surface area (Å²) in [7, 11) is 0. The molecule has 0 spiro atoms. The second-order valence-electron chi connectivity index (χ2n) is 7.37. The normalized spacial score (nSPS) is 18.1. The highest BCUT2D eigenvalue weighted by molar-refractivity contribution is 6.51. The van der Waals surface area contributed by atoms with Crippen molar-refractivity contribution in [1.82, 2.24) is 0 Å². The maximum atomic E-state index is 13.1. The number of benzene rings is 3. The van der Waals surface area contributed by atoms with Gasteiger partial charge in [0, 0.05) is 16.3 Å². The van der Waals surface area contributed by atoms with Crippen LogP contribution in [0.25, 0.3) is 5.76 Å². The van der Waals surface area contributed by atoms with Crippen molar-refractivity contribution in [1.29, 1.82) is 0 Å². The van der Waals surface area contributed by atoms with Crippen molar-refractivity contribution in [3.8, 4) is 0 Å². The van der Waals surface area contributed by atoms with Gasteiger partial charge in [-0.05, 0) is 66.9 Å². The van der Waals surface area contributed by atoms with Gasteiger partial charge in [-0.1, -0.05) is 48.0 Å². The highest BCUT2D eigenvalue weighted by Crippen LogP contribution is 2.43. The van der Waals surface area contributed by atoms with Crippen LogP contribution in [0.2, 0.25) is 5.02 Å². The van der Waals surface area contributed by atoms with Crippen LogP contribution in [0, 0.1) is 13.8 Å². The largest absolute Gasteiger partial charge is 0.507 e. The molecular weight excluding hydrogens is 398 g/mol. The molecule has 3 aromatic rings. The molecule has 1 saturated heterocycles. The lowest BCUT2D eigenvalue weighted by Gasteiger charge is -2.27. The summed E-state index contributed by atoms with van der Waals surface area (Å²) in [6.07, 6.45) is 0. The van der Waals surface area contributed by atoms with E-state index in [-0.39, 0.29) is 11.3 Å². The Morgan fingerprint density at radius 2 is 1.63 bits per heavy atom. The smallest absolute Gasteiger partial charge is 0.300 e. The summed E-state index contributed by atoms with van der Waals surface area (Å²) in [5.74, 6) is -1.59. The number of aliphatic hydroxyl groups is 1. The minimum Gasteiger partial charge on any atom is -0.507 e. The first-order valence-electron chi connectivity index (χ1n) is 9.57. The number of hydrogen-bond acceptors (Lipinski definition) is 3. The van der Waals surface area contributed by atoms with Crippen molar-refractivity contribution in [2.45, 2.75) is 19.9 Å². The van der Waals surface area contributed by atoms with E-state index in [1.807, 2.05) is 56.3 Å². The fourth-order valence-corrected chi connectivity index (χ4v) is 3.95. The maximum absolute atomic E-state index is 13.1. The number of carbonyl (C=O) groups excluding carboxylic acids is 2. The van der Waals surface area contributed by atoms with Crippen molar-refractivity contribution in [3.63, 3.8) is 0 Å². The lowest BCUT2D eigenvalue weighted by molar-refractivity contribution is -0.132. The second kappa shape index (κ2) is 7.81. The molecule has 1 unspecified atom stereocenters. The fourth-order valence-electron chi connectivity index (χ4n) is 3.83. The first kappa shape index (κ1) is 19.9. The molecule has 0 saturated carbocycles. The van der Waals surface area contributed by atoms with Crippen molar-refractivity contribution in [2.24, 2.45) is 0 Å². The Bertz CT molecular complexity index is 1180. The number of carbonyl (C=O) groups is 2. The van der Waals surface area contributed by atoms with Crippen LogP contribution in [0.3, 0.4) is 0 Å². The average Bonchev–Trinajstić information content (AvgIpc) is 2.99. The highest BCUT2D eigenvalue weighted by atomic mass is 35.5. The lowest BCUT2D eigenvalue weighted by atomic mass is 9.92. The van der Waals surface area contributed by atoms with Crippen LogP contribution in [-0.2, 0) is 9.59 Å². The Morgan fingerprint density at radius 3 is 2.30 bits per heavy atom. The molecule has 0 radical (unpaired) electrons. The molecule has 1 amide bonds. The molecule has 150 valence electrons. The molecular formula is C25H20ClNO3. The minimum absolute atomic E-state index is 0.0677. The molecule has 30 heavy (non-hydrogen) atoms. The fraction of sp³-hybridized carbons (Fsp3) is 0.120. The van der Waals surface area contributed by atoms with E-state index < -0.39 is 17.7 Å². The van der Waals surface area contributed by atoms with Gasteiger partial charge in [-0.25, -0.2) is 0 Å². The molecule has 4 rings (SSSR count). The van der Waals surface area contributed by atoms with Gasteiger partial charge in [0.2, 0.25) is 0 Å². The van der Waals surface area contributed by atoms with Gasteiger partial charge in [-0.15, -0.1) is 0 Å². The number of halogens is 1. The number of rotatable bonds is 3. The van der Waals surface area contributed by atoms with Gasteiger partial charge in [0.05, 0.1) is 11.6 Å². The number of aryl methyl sites for hydroxylation is 2. The second-order valence-corrected chi connectivity index (χ2v) is 7.81. The molecule has 1 fully saturated rings. The first-order chi connectivity index (χ1) is 14.4. The van der Waals surface area contributed by atoms with Gasteiger partial charge in [0.1, 0.15) is 5.76 Å². The summed E-state index contributed by atoms with van der Waals surface area (Å²) < 4.78 is 0. The zero-order chi connectivity index (χ0) is 21.4. The van der Waals surface area contributed by atoms with E-state index in [1.165, 1.54) is 4.90 Å². The molecule has 1 heterocycles. The van der Waals surface area contributed by atoms with Gasteiger partial charge >= 0.3 is 0 Å². The summed E-state index contributed by atoms with van der Waals surface area (Å²) in [6.45, 7) is 3.85. The van der Waals surface area contributed by atoms with Gasteiger partial charge in [0.25, 0.3) is 11.7 Å². The monoisotopic (exact) mass is 417 g/mol. The van der Waals surface area contributed by atoms with Crippen molar-refractivity contribution in [3.05, 3.63) is 106 Å². The Balaban J connectivity index is 1.98. The number of nitrogens with zero attached hydrogens (tertiary/aromatic N) is 1. The van der Waals surface area contributed by atoms with Gasteiger partial charge in [0.15, 0.2) is 0 Å². The van der Waals surface area contributed by atoms with E-state index in [0.29, 0.717) is 16.3 Å². The lowest BCUT2D eigenvalue weighted by Crippen LogP contribution is -2.29. The van der Waals surface area contributed by atoms with E-state index in [1.54, 1.807) is 30.3 Å². The van der Waals surface area contributed by atoms with E-state index in [2.05, 4.69) is 0 Å². The standard InChI is InChI=1S/C25H20ClNO3/c1-15-6-5-8-19(14-15)27-22(20-9-4-3-7-16(20)2)21(24(29)25(27)30)23(28)17-10-12-18(26)13-11-17/h3-14,22,28H,1-2H3/b23-21+. The predicted molar refractivity (Wildman–Crippen MR) is 119 cm³/mol. The van der Waals surface area contributed by atoms with Crippen molar-refractivity contribution in [2.75, 3.05) is 4.90 Å². The van der Waals surface area contributed by atoms with Crippen LogP contribution in [0.15, 0.2) is 78.4 Å². The Morgan fingerprint density at radius 1 is 0.933 bits per heavy atom. The van der Waals surface area contributed by atoms with Crippen LogP contribution < -0.4 is 4.90 Å². The van der Waals surface area contributed by atoms with Crippen LogP contribution in [0.5, 0.6) is 0 Å². The Hall–Kier alpha value is -3.37. The molecule has 0 aromatic heterocycles. The van der Waals surface area contributed by atoms with E-state index in [4.69, 9.17) is 11.6 Å². The zero-order valence-corrected chi connectivity index (χ0v) is 17.4. The molecule has 3 aromatic carbocycles. The van der Waals surface area contributed by atoms with Crippen LogP contribution in [-0.4, -0.2) is 16.8 Å². The highest BCUT2D eigenvalue weighted by Gasteiger charge is 2.47. The third-order valence-electron chi connectivity index (χ3n) is 5.32. The van der Waals surface area contributed by atoms with Crippen LogP contribution in [0.1, 0.15) is 28.3 Å². The molecule has 5 heteroatoms. The molecule has 1 N–H and O–H groups in total. The zero-order valence-electron chi connectivity index (χ0n) is 16.6. The summed E-state index contributed by atoms with van der Waals surface area (Å²) in [5, 5.41) is 11.6. The van der Waals surface area contributed by atoms with E-state index in [9.17, 15) is 14.7 Å². The predicted octanol–water partition coefficient (Wildman–Crippen LogP) is 5.58. The molecule has 1 aliphatic rings. The summed E-state index contributed by atoms with van der Waals surface area (Å²) in [4.78, 5) is 27.7. The molecule has 1 atom stereocenters. The number of hydrogen-bond donors (Lipinski definition) is 1. The molecule has 1 aliphatic heterocycles.